The van der Waals surface area contributed by atoms with Gasteiger partial charge in [-0.1, -0.05) is 7.43 Å². The van der Waals surface area contributed by atoms with E-state index in [-0.39, 0.29) is 20.1 Å². The van der Waals surface area contributed by atoms with Gasteiger partial charge in [0.25, 0.3) is 0 Å². The molecule has 1 heterocycles. The van der Waals surface area contributed by atoms with E-state index in [1.807, 2.05) is 0 Å². The molecule has 6 N–H and O–H groups in total. The monoisotopic (exact) mass is 192 g/mol. The molecule has 0 aromatic heterocycles. The number of aliphatic hydroxyl groups is 2. The van der Waals surface area contributed by atoms with Gasteiger partial charge in [0.15, 0.2) is 0 Å². The number of hydrogen-bond donors (Lipinski definition) is 4. The zero-order chi connectivity index (χ0) is 9.14. The van der Waals surface area contributed by atoms with Crippen molar-refractivity contribution in [3.63, 3.8) is 0 Å². The summed E-state index contributed by atoms with van der Waals surface area (Å²) in [5, 5.41) is 18.8. The van der Waals surface area contributed by atoms with E-state index in [1.165, 1.54) is 0 Å². The first-order valence-corrected chi connectivity index (χ1v) is 4.12. The van der Waals surface area contributed by atoms with Crippen LogP contribution in [0.2, 0.25) is 0 Å². The predicted octanol–water partition coefficient (Wildman–Crippen LogP) is -1.58. The number of ether oxygens (including phenoxy) is 1. The highest BCUT2D eigenvalue weighted by Gasteiger charge is 2.40. The van der Waals surface area contributed by atoms with Crippen molar-refractivity contribution in [3.05, 3.63) is 0 Å². The average molecular weight is 192 g/mol. The second kappa shape index (κ2) is 5.51. The Balaban J connectivity index is 0.00000144. The Morgan fingerprint density at radius 1 is 1.08 bits per heavy atom. The lowest BCUT2D eigenvalue weighted by molar-refractivity contribution is 0.00962. The van der Waals surface area contributed by atoms with Gasteiger partial charge >= 0.3 is 0 Å². The first-order valence-electron chi connectivity index (χ1n) is 4.12. The van der Waals surface area contributed by atoms with Gasteiger partial charge in [-0.3, -0.25) is 0 Å². The molecule has 80 valence electrons. The summed E-state index contributed by atoms with van der Waals surface area (Å²) >= 11 is 0. The Hall–Kier alpha value is -0.200. The maximum Gasteiger partial charge on any atom is 0.110 e. The SMILES string of the molecule is C.NCC[C@H]1O[C@H](CN)[C@@H](O)[C@@H]1O. The van der Waals surface area contributed by atoms with E-state index in [0.717, 1.165) is 0 Å². The summed E-state index contributed by atoms with van der Waals surface area (Å²) < 4.78 is 5.27. The predicted molar refractivity (Wildman–Crippen MR) is 50.1 cm³/mol. The minimum Gasteiger partial charge on any atom is -0.388 e. The number of hydrogen-bond acceptors (Lipinski definition) is 5. The molecule has 4 atom stereocenters. The first-order chi connectivity index (χ1) is 5.70. The first kappa shape index (κ1) is 12.8. The quantitative estimate of drug-likeness (QED) is 0.432. The smallest absolute Gasteiger partial charge is 0.110 e. The molecular formula is C8H20N2O3. The molecular weight excluding hydrogens is 172 g/mol. The van der Waals surface area contributed by atoms with Crippen LogP contribution in [0.5, 0.6) is 0 Å². The third kappa shape index (κ3) is 2.62. The lowest BCUT2D eigenvalue weighted by atomic mass is 10.1. The van der Waals surface area contributed by atoms with E-state index in [9.17, 15) is 10.2 Å². The maximum absolute atomic E-state index is 9.40. The number of nitrogens with two attached hydrogens (primary N) is 2. The normalized spacial score (nSPS) is 38.8. The third-order valence-corrected chi connectivity index (χ3v) is 2.14. The molecule has 5 heteroatoms. The second-order valence-corrected chi connectivity index (χ2v) is 3.01. The molecule has 5 nitrogen and oxygen atoms in total. The van der Waals surface area contributed by atoms with Crippen molar-refractivity contribution in [3.8, 4) is 0 Å². The number of aliphatic hydroxyl groups excluding tert-OH is 2. The zero-order valence-electron chi connectivity index (χ0n) is 6.89. The van der Waals surface area contributed by atoms with Crippen molar-refractivity contribution in [1.82, 2.24) is 0 Å². The molecule has 0 saturated carbocycles. The van der Waals surface area contributed by atoms with Crippen LogP contribution < -0.4 is 11.5 Å². The molecule has 0 spiro atoms. The van der Waals surface area contributed by atoms with E-state index in [4.69, 9.17) is 16.2 Å². The molecule has 1 aliphatic rings. The highest BCUT2D eigenvalue weighted by atomic mass is 16.5. The highest BCUT2D eigenvalue weighted by molar-refractivity contribution is 4.90. The standard InChI is InChI=1S/C7H16N2O3.CH4/c8-2-1-4-6(10)7(11)5(3-9)12-4;/h4-7,10-11H,1-3,8-9H2;1H4/t4-,5-,6-,7-;/m1./s1. The van der Waals surface area contributed by atoms with Gasteiger partial charge < -0.3 is 26.4 Å². The molecule has 0 aliphatic carbocycles. The highest BCUT2D eigenvalue weighted by Crippen LogP contribution is 2.22. The summed E-state index contributed by atoms with van der Waals surface area (Å²) in [6.07, 6.45) is -1.97. The summed E-state index contributed by atoms with van der Waals surface area (Å²) in [5.74, 6) is 0. The van der Waals surface area contributed by atoms with Crippen LogP contribution in [0, 0.1) is 0 Å². The molecule has 1 fully saturated rings. The van der Waals surface area contributed by atoms with Gasteiger partial charge in [0.05, 0.1) is 12.2 Å². The lowest BCUT2D eigenvalue weighted by Gasteiger charge is -2.12. The Morgan fingerprint density at radius 2 is 1.62 bits per heavy atom. The molecule has 1 saturated heterocycles. The van der Waals surface area contributed by atoms with Crippen molar-refractivity contribution >= 4 is 0 Å². The lowest BCUT2D eigenvalue weighted by Crippen LogP contribution is -2.36. The summed E-state index contributed by atoms with van der Waals surface area (Å²) in [6.45, 7) is 0.658. The topological polar surface area (TPSA) is 102 Å². The van der Waals surface area contributed by atoms with E-state index >= 15 is 0 Å². The van der Waals surface area contributed by atoms with Crippen molar-refractivity contribution in [2.24, 2.45) is 11.5 Å². The molecule has 0 bridgehead atoms. The Kier molecular flexibility index (Phi) is 5.43. The molecule has 1 aliphatic heterocycles. The molecule has 0 aromatic carbocycles. The summed E-state index contributed by atoms with van der Waals surface area (Å²) in [7, 11) is 0. The summed E-state index contributed by atoms with van der Waals surface area (Å²) in [5.41, 5.74) is 10.6. The van der Waals surface area contributed by atoms with Crippen LogP contribution in [0.15, 0.2) is 0 Å². The van der Waals surface area contributed by atoms with E-state index in [2.05, 4.69) is 0 Å². The van der Waals surface area contributed by atoms with Gasteiger partial charge in [-0.25, -0.2) is 0 Å². The third-order valence-electron chi connectivity index (χ3n) is 2.14. The van der Waals surface area contributed by atoms with Gasteiger partial charge in [0.2, 0.25) is 0 Å². The Bertz CT molecular complexity index is 145. The van der Waals surface area contributed by atoms with Gasteiger partial charge in [0, 0.05) is 6.54 Å². The fourth-order valence-corrected chi connectivity index (χ4v) is 1.42. The molecule has 0 radical (unpaired) electrons. The van der Waals surface area contributed by atoms with Crippen LogP contribution in [-0.2, 0) is 4.74 Å². The largest absolute Gasteiger partial charge is 0.388 e. The van der Waals surface area contributed by atoms with Crippen LogP contribution in [0.25, 0.3) is 0 Å². The Labute approximate surface area is 78.7 Å². The van der Waals surface area contributed by atoms with Gasteiger partial charge in [-0.2, -0.15) is 0 Å². The molecule has 0 aromatic rings. The van der Waals surface area contributed by atoms with E-state index < -0.39 is 18.3 Å². The average Bonchev–Trinajstić information content (AvgIpc) is 2.33. The van der Waals surface area contributed by atoms with Crippen molar-refractivity contribution < 1.29 is 14.9 Å². The fraction of sp³-hybridized carbons (Fsp3) is 1.00. The molecule has 0 unspecified atom stereocenters. The minimum atomic E-state index is -0.869. The fourth-order valence-electron chi connectivity index (χ4n) is 1.42. The molecule has 0 amide bonds. The van der Waals surface area contributed by atoms with Crippen LogP contribution in [-0.4, -0.2) is 47.7 Å². The maximum atomic E-state index is 9.40. The number of rotatable bonds is 3. The van der Waals surface area contributed by atoms with Crippen molar-refractivity contribution in [1.29, 1.82) is 0 Å². The van der Waals surface area contributed by atoms with Crippen LogP contribution in [0.3, 0.4) is 0 Å². The van der Waals surface area contributed by atoms with E-state index in [0.29, 0.717) is 13.0 Å². The summed E-state index contributed by atoms with van der Waals surface area (Å²) in [4.78, 5) is 0. The van der Waals surface area contributed by atoms with Gasteiger partial charge in [-0.05, 0) is 13.0 Å². The van der Waals surface area contributed by atoms with E-state index in [1.54, 1.807) is 0 Å². The van der Waals surface area contributed by atoms with Gasteiger partial charge in [0.1, 0.15) is 12.2 Å². The zero-order valence-corrected chi connectivity index (χ0v) is 6.89. The van der Waals surface area contributed by atoms with Crippen molar-refractivity contribution in [2.45, 2.75) is 38.3 Å². The second-order valence-electron chi connectivity index (χ2n) is 3.01. The van der Waals surface area contributed by atoms with Gasteiger partial charge in [-0.15, -0.1) is 0 Å². The van der Waals surface area contributed by atoms with Crippen molar-refractivity contribution in [2.75, 3.05) is 13.1 Å². The van der Waals surface area contributed by atoms with Crippen LogP contribution in [0.4, 0.5) is 0 Å². The van der Waals surface area contributed by atoms with Crippen LogP contribution >= 0.6 is 0 Å². The Morgan fingerprint density at radius 3 is 2.00 bits per heavy atom. The summed E-state index contributed by atoms with van der Waals surface area (Å²) in [6, 6.07) is 0. The minimum absolute atomic E-state index is 0. The molecule has 1 rings (SSSR count). The van der Waals surface area contributed by atoms with Crippen LogP contribution in [0.1, 0.15) is 13.8 Å². The molecule has 13 heavy (non-hydrogen) atoms.